The average molecular weight is 265 g/mol. The van der Waals surface area contributed by atoms with Gasteiger partial charge >= 0.3 is 0 Å². The summed E-state index contributed by atoms with van der Waals surface area (Å²) in [4.78, 5) is 15.0. The van der Waals surface area contributed by atoms with Gasteiger partial charge in [0.05, 0.1) is 5.56 Å². The van der Waals surface area contributed by atoms with Crippen LogP contribution >= 0.6 is 12.6 Å². The van der Waals surface area contributed by atoms with Crippen molar-refractivity contribution in [1.82, 2.24) is 4.90 Å². The number of hydrogen-bond donors (Lipinski definition) is 2. The Balaban J connectivity index is 2.07. The maximum absolute atomic E-state index is 12.4. The van der Waals surface area contributed by atoms with Crippen molar-refractivity contribution in [3.05, 3.63) is 29.8 Å². The lowest BCUT2D eigenvalue weighted by Gasteiger charge is -2.32. The summed E-state index contributed by atoms with van der Waals surface area (Å²) in [6, 6.07) is 7.40. The Bertz CT molecular complexity index is 420. The monoisotopic (exact) mass is 265 g/mol. The fourth-order valence-corrected chi connectivity index (χ4v) is 2.75. The smallest absolute Gasteiger partial charge is 0.254 e. The SMILES string of the molecule is O=C(c1ccccc1S)N1CCCC(CCO)C1. The molecule has 98 valence electrons. The van der Waals surface area contributed by atoms with Crippen LogP contribution in [-0.2, 0) is 0 Å². The zero-order valence-corrected chi connectivity index (χ0v) is 11.3. The van der Waals surface area contributed by atoms with Gasteiger partial charge in [0.25, 0.3) is 5.91 Å². The van der Waals surface area contributed by atoms with Gasteiger partial charge in [-0.25, -0.2) is 0 Å². The largest absolute Gasteiger partial charge is 0.396 e. The van der Waals surface area contributed by atoms with Crippen LogP contribution < -0.4 is 0 Å². The summed E-state index contributed by atoms with van der Waals surface area (Å²) in [7, 11) is 0. The second-order valence-electron chi connectivity index (χ2n) is 4.79. The van der Waals surface area contributed by atoms with E-state index < -0.39 is 0 Å². The highest BCUT2D eigenvalue weighted by atomic mass is 32.1. The Kier molecular flexibility index (Phi) is 4.66. The van der Waals surface area contributed by atoms with Crippen molar-refractivity contribution >= 4 is 18.5 Å². The van der Waals surface area contributed by atoms with E-state index in [0.29, 0.717) is 11.5 Å². The number of carbonyl (C=O) groups is 1. The predicted molar refractivity (Wildman–Crippen MR) is 74.0 cm³/mol. The number of amides is 1. The van der Waals surface area contributed by atoms with Crippen LogP contribution in [0.4, 0.5) is 0 Å². The van der Waals surface area contributed by atoms with Gasteiger partial charge in [0.2, 0.25) is 0 Å². The van der Waals surface area contributed by atoms with E-state index in [4.69, 9.17) is 5.11 Å². The molecule has 0 aromatic heterocycles. The molecule has 0 bridgehead atoms. The van der Waals surface area contributed by atoms with E-state index in [9.17, 15) is 4.79 Å². The second-order valence-corrected chi connectivity index (χ2v) is 5.27. The van der Waals surface area contributed by atoms with Crippen molar-refractivity contribution in [3.63, 3.8) is 0 Å². The molecule has 1 saturated heterocycles. The summed E-state index contributed by atoms with van der Waals surface area (Å²) in [6.07, 6.45) is 2.91. The van der Waals surface area contributed by atoms with Crippen molar-refractivity contribution in [1.29, 1.82) is 0 Å². The van der Waals surface area contributed by atoms with Gasteiger partial charge in [0.15, 0.2) is 0 Å². The summed E-state index contributed by atoms with van der Waals surface area (Å²) >= 11 is 4.33. The molecule has 0 saturated carbocycles. The first-order chi connectivity index (χ1) is 8.72. The van der Waals surface area contributed by atoms with Crippen LogP contribution in [0.15, 0.2) is 29.2 Å². The van der Waals surface area contributed by atoms with Crippen molar-refractivity contribution in [2.75, 3.05) is 19.7 Å². The standard InChI is InChI=1S/C14H19NO2S/c16-9-7-11-4-3-8-15(10-11)14(17)12-5-1-2-6-13(12)18/h1-2,5-6,11,16,18H,3-4,7-10H2. The zero-order chi connectivity index (χ0) is 13.0. The number of rotatable bonds is 3. The molecule has 1 N–H and O–H groups in total. The maximum atomic E-state index is 12.4. The molecule has 1 atom stereocenters. The van der Waals surface area contributed by atoms with E-state index >= 15 is 0 Å². The van der Waals surface area contributed by atoms with Crippen LogP contribution in [0, 0.1) is 5.92 Å². The van der Waals surface area contributed by atoms with E-state index in [1.54, 1.807) is 0 Å². The number of nitrogens with zero attached hydrogens (tertiary/aromatic N) is 1. The van der Waals surface area contributed by atoms with E-state index in [1.807, 2.05) is 29.2 Å². The van der Waals surface area contributed by atoms with Crippen molar-refractivity contribution in [2.24, 2.45) is 5.92 Å². The molecule has 1 heterocycles. The highest BCUT2D eigenvalue weighted by molar-refractivity contribution is 7.80. The molecule has 0 spiro atoms. The van der Waals surface area contributed by atoms with Gasteiger partial charge in [0, 0.05) is 24.6 Å². The third kappa shape index (κ3) is 3.06. The van der Waals surface area contributed by atoms with Gasteiger partial charge in [-0.1, -0.05) is 12.1 Å². The lowest BCUT2D eigenvalue weighted by molar-refractivity contribution is 0.0650. The minimum atomic E-state index is 0.0586. The van der Waals surface area contributed by atoms with Crippen LogP contribution in [0.25, 0.3) is 0 Å². The molecule has 1 fully saturated rings. The first-order valence-corrected chi connectivity index (χ1v) is 6.85. The molecule has 1 aromatic rings. The first kappa shape index (κ1) is 13.4. The molecular formula is C14H19NO2S. The highest BCUT2D eigenvalue weighted by Crippen LogP contribution is 2.22. The third-order valence-electron chi connectivity index (χ3n) is 3.48. The van der Waals surface area contributed by atoms with Crippen LogP contribution in [-0.4, -0.2) is 35.6 Å². The Morgan fingerprint density at radius 3 is 2.94 bits per heavy atom. The summed E-state index contributed by atoms with van der Waals surface area (Å²) in [6.45, 7) is 1.76. The quantitative estimate of drug-likeness (QED) is 0.823. The number of thiol groups is 1. The van der Waals surface area contributed by atoms with Gasteiger partial charge in [-0.15, -0.1) is 12.6 Å². The molecule has 1 aliphatic heterocycles. The normalized spacial score (nSPS) is 19.9. The number of aliphatic hydroxyl groups excluding tert-OH is 1. The van der Waals surface area contributed by atoms with Crippen molar-refractivity contribution < 1.29 is 9.90 Å². The number of aliphatic hydroxyl groups is 1. The van der Waals surface area contributed by atoms with Crippen molar-refractivity contribution in [3.8, 4) is 0 Å². The van der Waals surface area contributed by atoms with Gasteiger partial charge in [0.1, 0.15) is 0 Å². The van der Waals surface area contributed by atoms with E-state index in [-0.39, 0.29) is 12.5 Å². The van der Waals surface area contributed by atoms with Crippen LogP contribution in [0.2, 0.25) is 0 Å². The Hall–Kier alpha value is -1.00. The molecule has 1 amide bonds. The Morgan fingerprint density at radius 1 is 1.44 bits per heavy atom. The number of likely N-dealkylation sites (tertiary alicyclic amines) is 1. The van der Waals surface area contributed by atoms with Crippen LogP contribution in [0.3, 0.4) is 0 Å². The molecule has 4 heteroatoms. The van der Waals surface area contributed by atoms with E-state index in [1.165, 1.54) is 0 Å². The van der Waals surface area contributed by atoms with Gasteiger partial charge in [-0.3, -0.25) is 4.79 Å². The number of hydrogen-bond acceptors (Lipinski definition) is 3. The summed E-state index contributed by atoms with van der Waals surface area (Å²) < 4.78 is 0. The molecule has 0 aliphatic carbocycles. The zero-order valence-electron chi connectivity index (χ0n) is 10.4. The number of piperidine rings is 1. The minimum absolute atomic E-state index is 0.0586. The Morgan fingerprint density at radius 2 is 2.22 bits per heavy atom. The van der Waals surface area contributed by atoms with E-state index in [0.717, 1.165) is 37.2 Å². The fraction of sp³-hybridized carbons (Fsp3) is 0.500. The minimum Gasteiger partial charge on any atom is -0.396 e. The second kappa shape index (κ2) is 6.25. The molecule has 3 nitrogen and oxygen atoms in total. The van der Waals surface area contributed by atoms with E-state index in [2.05, 4.69) is 12.6 Å². The molecular weight excluding hydrogens is 246 g/mol. The lowest BCUT2D eigenvalue weighted by atomic mass is 9.94. The highest BCUT2D eigenvalue weighted by Gasteiger charge is 2.24. The molecule has 2 rings (SSSR count). The van der Waals surface area contributed by atoms with Gasteiger partial charge in [-0.2, -0.15) is 0 Å². The summed E-state index contributed by atoms with van der Waals surface area (Å²) in [5.74, 6) is 0.489. The Labute approximate surface area is 113 Å². The predicted octanol–water partition coefficient (Wildman–Crippen LogP) is 2.21. The van der Waals surface area contributed by atoms with Crippen LogP contribution in [0.1, 0.15) is 29.6 Å². The van der Waals surface area contributed by atoms with Gasteiger partial charge < -0.3 is 10.0 Å². The maximum Gasteiger partial charge on any atom is 0.254 e. The lowest BCUT2D eigenvalue weighted by Crippen LogP contribution is -2.40. The average Bonchev–Trinajstić information content (AvgIpc) is 2.39. The topological polar surface area (TPSA) is 40.5 Å². The summed E-state index contributed by atoms with van der Waals surface area (Å²) in [5, 5.41) is 8.99. The van der Waals surface area contributed by atoms with Crippen molar-refractivity contribution in [2.45, 2.75) is 24.2 Å². The van der Waals surface area contributed by atoms with Gasteiger partial charge in [-0.05, 0) is 37.3 Å². The fourth-order valence-electron chi connectivity index (χ4n) is 2.49. The molecule has 1 aliphatic rings. The van der Waals surface area contributed by atoms with Crippen LogP contribution in [0.5, 0.6) is 0 Å². The molecule has 0 radical (unpaired) electrons. The third-order valence-corrected chi connectivity index (χ3v) is 3.87. The number of benzene rings is 1. The number of carbonyl (C=O) groups excluding carboxylic acids is 1. The first-order valence-electron chi connectivity index (χ1n) is 6.40. The molecule has 1 unspecified atom stereocenters. The molecule has 18 heavy (non-hydrogen) atoms. The summed E-state index contributed by atoms with van der Waals surface area (Å²) in [5.41, 5.74) is 0.672. The molecule has 1 aromatic carbocycles.